The Morgan fingerprint density at radius 1 is 1.11 bits per heavy atom. The standard InChI is InChI=1S/C28H40N4O3S/c1-3-11-32(21-23-9-12-30(13-10-23)28(34)31-14-16-35-17-15-31)22(2)19-24-6-4-7-25(20-24)29-27(33)26-8-5-18-36-26/h4-8,18,20,22-23H,3,9-17,19,21H2,1-2H3,(H,29,33). The molecule has 4 rings (SSSR count). The van der Waals surface area contributed by atoms with Gasteiger partial charge in [0.2, 0.25) is 0 Å². The molecule has 36 heavy (non-hydrogen) atoms. The normalized spacial score (nSPS) is 17.9. The first-order chi connectivity index (χ1) is 17.5. The highest BCUT2D eigenvalue weighted by molar-refractivity contribution is 7.12. The number of amides is 3. The van der Waals surface area contributed by atoms with Gasteiger partial charge >= 0.3 is 6.03 Å². The van der Waals surface area contributed by atoms with E-state index in [1.807, 2.05) is 39.4 Å². The number of thiophene rings is 1. The van der Waals surface area contributed by atoms with Gasteiger partial charge in [-0.05, 0) is 74.2 Å². The van der Waals surface area contributed by atoms with E-state index in [0.29, 0.717) is 38.3 Å². The molecule has 1 atom stereocenters. The molecular formula is C28H40N4O3S. The Morgan fingerprint density at radius 3 is 2.56 bits per heavy atom. The highest BCUT2D eigenvalue weighted by Gasteiger charge is 2.28. The summed E-state index contributed by atoms with van der Waals surface area (Å²) in [5, 5.41) is 4.95. The average Bonchev–Trinajstić information content (AvgIpc) is 3.45. The van der Waals surface area contributed by atoms with Crippen molar-refractivity contribution >= 4 is 29.0 Å². The summed E-state index contributed by atoms with van der Waals surface area (Å²) in [6.45, 7) is 11.1. The zero-order valence-electron chi connectivity index (χ0n) is 21.7. The average molecular weight is 513 g/mol. The molecule has 2 fully saturated rings. The van der Waals surface area contributed by atoms with E-state index in [2.05, 4.69) is 36.2 Å². The second kappa shape index (κ2) is 13.2. The van der Waals surface area contributed by atoms with Crippen molar-refractivity contribution in [1.82, 2.24) is 14.7 Å². The van der Waals surface area contributed by atoms with Crippen molar-refractivity contribution in [3.63, 3.8) is 0 Å². The van der Waals surface area contributed by atoms with Crippen molar-refractivity contribution in [2.24, 2.45) is 5.92 Å². The van der Waals surface area contributed by atoms with E-state index >= 15 is 0 Å². The minimum Gasteiger partial charge on any atom is -0.378 e. The van der Waals surface area contributed by atoms with Gasteiger partial charge in [0.1, 0.15) is 0 Å². The molecule has 1 unspecified atom stereocenters. The van der Waals surface area contributed by atoms with Crippen LogP contribution < -0.4 is 5.32 Å². The molecule has 0 saturated carbocycles. The lowest BCUT2D eigenvalue weighted by atomic mass is 9.95. The number of ether oxygens (including phenoxy) is 1. The number of carbonyl (C=O) groups is 2. The molecule has 2 saturated heterocycles. The van der Waals surface area contributed by atoms with Crippen LogP contribution in [0.1, 0.15) is 48.3 Å². The van der Waals surface area contributed by atoms with Gasteiger partial charge in [0, 0.05) is 44.5 Å². The van der Waals surface area contributed by atoms with Gasteiger partial charge in [-0.1, -0.05) is 25.1 Å². The number of rotatable bonds is 9. The summed E-state index contributed by atoms with van der Waals surface area (Å²) in [6.07, 6.45) is 4.19. The minimum absolute atomic E-state index is 0.0544. The van der Waals surface area contributed by atoms with Crippen molar-refractivity contribution < 1.29 is 14.3 Å². The molecule has 0 bridgehead atoms. The fraction of sp³-hybridized carbons (Fsp3) is 0.571. The number of piperidine rings is 1. The molecule has 0 spiro atoms. The lowest BCUT2D eigenvalue weighted by molar-refractivity contribution is 0.0386. The molecule has 8 heteroatoms. The first kappa shape index (κ1) is 26.6. The molecule has 0 aliphatic carbocycles. The fourth-order valence-corrected chi connectivity index (χ4v) is 5.84. The second-order valence-electron chi connectivity index (χ2n) is 9.99. The smallest absolute Gasteiger partial charge is 0.320 e. The number of nitrogens with zero attached hydrogens (tertiary/aromatic N) is 3. The van der Waals surface area contributed by atoms with Gasteiger partial charge in [0.25, 0.3) is 5.91 Å². The quantitative estimate of drug-likeness (QED) is 0.524. The molecule has 196 valence electrons. The maximum atomic E-state index is 12.8. The summed E-state index contributed by atoms with van der Waals surface area (Å²) in [5.74, 6) is 0.561. The van der Waals surface area contributed by atoms with E-state index in [4.69, 9.17) is 4.74 Å². The van der Waals surface area contributed by atoms with Crippen molar-refractivity contribution in [2.75, 3.05) is 57.8 Å². The first-order valence-corrected chi connectivity index (χ1v) is 14.2. The third-order valence-corrected chi connectivity index (χ3v) is 8.12. The third-order valence-electron chi connectivity index (χ3n) is 7.25. The lowest BCUT2D eigenvalue weighted by Crippen LogP contribution is -2.51. The molecule has 0 radical (unpaired) electrons. The van der Waals surface area contributed by atoms with Crippen molar-refractivity contribution in [1.29, 1.82) is 0 Å². The number of carbonyl (C=O) groups excluding carboxylic acids is 2. The van der Waals surface area contributed by atoms with Crippen LogP contribution in [0, 0.1) is 5.92 Å². The van der Waals surface area contributed by atoms with E-state index in [1.165, 1.54) is 16.9 Å². The number of hydrogen-bond donors (Lipinski definition) is 1. The number of urea groups is 1. The van der Waals surface area contributed by atoms with Crippen LogP contribution in [0.5, 0.6) is 0 Å². The monoisotopic (exact) mass is 512 g/mol. The molecule has 2 aliphatic rings. The Bertz CT molecular complexity index is 969. The number of hydrogen-bond acceptors (Lipinski definition) is 5. The Labute approximate surface area is 219 Å². The van der Waals surface area contributed by atoms with E-state index in [-0.39, 0.29) is 11.9 Å². The number of likely N-dealkylation sites (tertiary alicyclic amines) is 1. The third kappa shape index (κ3) is 7.31. The maximum absolute atomic E-state index is 12.8. The number of nitrogens with one attached hydrogen (secondary N) is 1. The molecule has 7 nitrogen and oxygen atoms in total. The van der Waals surface area contributed by atoms with Crippen LogP contribution in [0.2, 0.25) is 0 Å². The topological polar surface area (TPSA) is 65.1 Å². The summed E-state index contributed by atoms with van der Waals surface area (Å²) in [4.78, 5) is 32.6. The largest absolute Gasteiger partial charge is 0.378 e. The lowest BCUT2D eigenvalue weighted by Gasteiger charge is -2.39. The SMILES string of the molecule is CCCN(CC1CCN(C(=O)N2CCOCC2)CC1)C(C)Cc1cccc(NC(=O)c2cccs2)c1. The predicted molar refractivity (Wildman–Crippen MR) is 146 cm³/mol. The Hall–Kier alpha value is -2.42. The number of benzene rings is 1. The highest BCUT2D eigenvalue weighted by atomic mass is 32.1. The molecule has 3 amide bonds. The van der Waals surface area contributed by atoms with Crippen molar-refractivity contribution in [3.8, 4) is 0 Å². The molecular weight excluding hydrogens is 472 g/mol. The van der Waals surface area contributed by atoms with Crippen molar-refractivity contribution in [2.45, 2.75) is 45.6 Å². The van der Waals surface area contributed by atoms with Gasteiger partial charge in [0.15, 0.2) is 0 Å². The Kier molecular flexibility index (Phi) is 9.78. The van der Waals surface area contributed by atoms with E-state index in [0.717, 1.165) is 62.4 Å². The van der Waals surface area contributed by atoms with Gasteiger partial charge in [-0.2, -0.15) is 0 Å². The Morgan fingerprint density at radius 2 is 1.86 bits per heavy atom. The molecule has 1 aromatic heterocycles. The summed E-state index contributed by atoms with van der Waals surface area (Å²) < 4.78 is 5.39. The van der Waals surface area contributed by atoms with Crippen LogP contribution in [-0.2, 0) is 11.2 Å². The summed E-state index contributed by atoms with van der Waals surface area (Å²) in [7, 11) is 0. The number of anilines is 1. The summed E-state index contributed by atoms with van der Waals surface area (Å²) in [5.41, 5.74) is 2.08. The fourth-order valence-electron chi connectivity index (χ4n) is 5.22. The molecule has 2 aliphatic heterocycles. The predicted octanol–water partition coefficient (Wildman–Crippen LogP) is 4.81. The van der Waals surface area contributed by atoms with Gasteiger partial charge in [-0.3, -0.25) is 4.79 Å². The first-order valence-electron chi connectivity index (χ1n) is 13.3. The van der Waals surface area contributed by atoms with Crippen LogP contribution in [0.4, 0.5) is 10.5 Å². The van der Waals surface area contributed by atoms with Gasteiger partial charge in [-0.15, -0.1) is 11.3 Å². The summed E-state index contributed by atoms with van der Waals surface area (Å²) in [6, 6.07) is 12.6. The van der Waals surface area contributed by atoms with Gasteiger partial charge in [0.05, 0.1) is 18.1 Å². The molecule has 3 heterocycles. The van der Waals surface area contributed by atoms with Crippen LogP contribution in [-0.4, -0.2) is 85.2 Å². The highest BCUT2D eigenvalue weighted by Crippen LogP contribution is 2.23. The van der Waals surface area contributed by atoms with Crippen LogP contribution in [0.25, 0.3) is 0 Å². The summed E-state index contributed by atoms with van der Waals surface area (Å²) >= 11 is 1.45. The van der Waals surface area contributed by atoms with Crippen LogP contribution in [0.3, 0.4) is 0 Å². The van der Waals surface area contributed by atoms with Crippen molar-refractivity contribution in [3.05, 3.63) is 52.2 Å². The van der Waals surface area contributed by atoms with Crippen LogP contribution in [0.15, 0.2) is 41.8 Å². The maximum Gasteiger partial charge on any atom is 0.320 e. The minimum atomic E-state index is -0.0544. The van der Waals surface area contributed by atoms with Crippen LogP contribution >= 0.6 is 11.3 Å². The zero-order valence-corrected chi connectivity index (χ0v) is 22.5. The van der Waals surface area contributed by atoms with Gasteiger partial charge < -0.3 is 24.8 Å². The Balaban J connectivity index is 1.28. The zero-order chi connectivity index (χ0) is 25.3. The second-order valence-corrected chi connectivity index (χ2v) is 10.9. The number of morpholine rings is 1. The van der Waals surface area contributed by atoms with E-state index < -0.39 is 0 Å². The van der Waals surface area contributed by atoms with E-state index in [9.17, 15) is 9.59 Å². The van der Waals surface area contributed by atoms with E-state index in [1.54, 1.807) is 0 Å². The molecule has 1 N–H and O–H groups in total. The molecule has 1 aromatic carbocycles. The van der Waals surface area contributed by atoms with Gasteiger partial charge in [-0.25, -0.2) is 4.79 Å². The molecule has 2 aromatic rings.